The fraction of sp³-hybridized carbons (Fsp3) is 0.500. The summed E-state index contributed by atoms with van der Waals surface area (Å²) in [7, 11) is 1.80. The van der Waals surface area contributed by atoms with Crippen LogP contribution in [-0.2, 0) is 4.79 Å². The van der Waals surface area contributed by atoms with Crippen LogP contribution >= 0.6 is 0 Å². The molecule has 0 aliphatic carbocycles. The Morgan fingerprint density at radius 3 is 3.00 bits per heavy atom. The third-order valence-corrected chi connectivity index (χ3v) is 3.46. The van der Waals surface area contributed by atoms with Crippen LogP contribution in [0.4, 0.5) is 5.69 Å². The lowest BCUT2D eigenvalue weighted by atomic mass is 9.97. The molecule has 0 bridgehead atoms. The van der Waals surface area contributed by atoms with Crippen LogP contribution in [0.3, 0.4) is 0 Å². The zero-order valence-corrected chi connectivity index (χ0v) is 11.0. The molecule has 1 aromatic carbocycles. The molecular weight excluding hydrogens is 228 g/mol. The normalized spacial score (nSPS) is 16.8. The molecule has 98 valence electrons. The van der Waals surface area contributed by atoms with Gasteiger partial charge in [-0.1, -0.05) is 13.0 Å². The van der Waals surface area contributed by atoms with Crippen LogP contribution in [-0.4, -0.2) is 26.1 Å². The largest absolute Gasteiger partial charge is 0.491 e. The van der Waals surface area contributed by atoms with Crippen LogP contribution in [0.5, 0.6) is 5.75 Å². The van der Waals surface area contributed by atoms with E-state index in [1.807, 2.05) is 12.1 Å². The lowest BCUT2D eigenvalue weighted by molar-refractivity contribution is -0.118. The van der Waals surface area contributed by atoms with Crippen LogP contribution in [0.1, 0.15) is 31.2 Å². The molecule has 0 radical (unpaired) electrons. The monoisotopic (exact) mass is 248 g/mol. The van der Waals surface area contributed by atoms with Crippen molar-refractivity contribution >= 4 is 11.6 Å². The lowest BCUT2D eigenvalue weighted by Crippen LogP contribution is -2.25. The van der Waals surface area contributed by atoms with Gasteiger partial charge in [-0.3, -0.25) is 4.79 Å². The highest BCUT2D eigenvalue weighted by Crippen LogP contribution is 2.34. The minimum atomic E-state index is 0.0948. The number of ether oxygens (including phenoxy) is 1. The van der Waals surface area contributed by atoms with Crippen molar-refractivity contribution < 1.29 is 9.53 Å². The molecule has 2 N–H and O–H groups in total. The first-order valence-corrected chi connectivity index (χ1v) is 6.37. The molecule has 18 heavy (non-hydrogen) atoms. The summed E-state index contributed by atoms with van der Waals surface area (Å²) in [6.45, 7) is 3.27. The predicted molar refractivity (Wildman–Crippen MR) is 72.1 cm³/mol. The summed E-state index contributed by atoms with van der Waals surface area (Å²) in [6.07, 6.45) is 1.37. The zero-order valence-electron chi connectivity index (χ0n) is 11.0. The second kappa shape index (κ2) is 5.40. The van der Waals surface area contributed by atoms with E-state index in [1.54, 1.807) is 11.9 Å². The quantitative estimate of drug-likeness (QED) is 0.888. The number of nitrogens with two attached hydrogens (primary N) is 1. The fourth-order valence-electron chi connectivity index (χ4n) is 2.19. The van der Waals surface area contributed by atoms with Crippen LogP contribution in [0.15, 0.2) is 18.2 Å². The third-order valence-electron chi connectivity index (χ3n) is 3.46. The standard InChI is InChI=1S/C14H20N2O2/c1-10(5-7-15)11-3-4-13-12(9-11)16(2)14(17)6-8-18-13/h3-4,9-10H,5-8,15H2,1-2H3. The van der Waals surface area contributed by atoms with E-state index in [9.17, 15) is 4.79 Å². The Morgan fingerprint density at radius 1 is 1.50 bits per heavy atom. The predicted octanol–water partition coefficient (Wildman–Crippen LogP) is 1.88. The van der Waals surface area contributed by atoms with Gasteiger partial charge in [-0.25, -0.2) is 0 Å². The summed E-state index contributed by atoms with van der Waals surface area (Å²) in [5.74, 6) is 1.27. The summed E-state index contributed by atoms with van der Waals surface area (Å²) in [5, 5.41) is 0. The number of hydrogen-bond acceptors (Lipinski definition) is 3. The maximum atomic E-state index is 11.8. The van der Waals surface area contributed by atoms with Gasteiger partial charge < -0.3 is 15.4 Å². The van der Waals surface area contributed by atoms with E-state index < -0.39 is 0 Å². The average molecular weight is 248 g/mol. The maximum absolute atomic E-state index is 11.8. The molecule has 4 heteroatoms. The van der Waals surface area contributed by atoms with Crippen molar-refractivity contribution in [2.45, 2.75) is 25.7 Å². The molecule has 0 saturated heterocycles. The molecule has 1 aromatic rings. The van der Waals surface area contributed by atoms with E-state index >= 15 is 0 Å². The highest BCUT2D eigenvalue weighted by Gasteiger charge is 2.20. The van der Waals surface area contributed by atoms with Crippen molar-refractivity contribution in [1.29, 1.82) is 0 Å². The van der Waals surface area contributed by atoms with Crippen molar-refractivity contribution in [2.24, 2.45) is 5.73 Å². The number of rotatable bonds is 3. The summed E-state index contributed by atoms with van der Waals surface area (Å²) in [5.41, 5.74) is 7.65. The Balaban J connectivity index is 2.34. The topological polar surface area (TPSA) is 55.6 Å². The number of nitrogens with zero attached hydrogens (tertiary/aromatic N) is 1. The van der Waals surface area contributed by atoms with Gasteiger partial charge in [0.15, 0.2) is 0 Å². The van der Waals surface area contributed by atoms with Gasteiger partial charge in [0.25, 0.3) is 0 Å². The smallest absolute Gasteiger partial charge is 0.230 e. The number of benzene rings is 1. The summed E-state index contributed by atoms with van der Waals surface area (Å²) < 4.78 is 5.60. The molecule has 2 rings (SSSR count). The van der Waals surface area contributed by atoms with E-state index in [2.05, 4.69) is 13.0 Å². The van der Waals surface area contributed by atoms with Crippen molar-refractivity contribution in [3.63, 3.8) is 0 Å². The van der Waals surface area contributed by atoms with Gasteiger partial charge in [-0.05, 0) is 36.6 Å². The molecular formula is C14H20N2O2. The van der Waals surface area contributed by atoms with Gasteiger partial charge in [0.2, 0.25) is 5.91 Å². The van der Waals surface area contributed by atoms with Gasteiger partial charge in [0.1, 0.15) is 5.75 Å². The van der Waals surface area contributed by atoms with E-state index in [0.717, 1.165) is 17.9 Å². The lowest BCUT2D eigenvalue weighted by Gasteiger charge is -2.19. The highest BCUT2D eigenvalue weighted by molar-refractivity contribution is 5.95. The third kappa shape index (κ3) is 2.48. The molecule has 0 spiro atoms. The Labute approximate surface area is 108 Å². The second-order valence-electron chi connectivity index (χ2n) is 4.76. The first-order chi connectivity index (χ1) is 8.63. The van der Waals surface area contributed by atoms with Crippen LogP contribution in [0.25, 0.3) is 0 Å². The number of amides is 1. The van der Waals surface area contributed by atoms with Crippen LogP contribution < -0.4 is 15.4 Å². The molecule has 1 aliphatic heterocycles. The molecule has 1 amide bonds. The van der Waals surface area contributed by atoms with E-state index in [-0.39, 0.29) is 5.91 Å². The number of fused-ring (bicyclic) bond motifs is 1. The number of anilines is 1. The van der Waals surface area contributed by atoms with Gasteiger partial charge in [0, 0.05) is 7.05 Å². The number of carbonyl (C=O) groups is 1. The molecule has 1 aliphatic rings. The Bertz CT molecular complexity index is 445. The van der Waals surface area contributed by atoms with Crippen LogP contribution in [0.2, 0.25) is 0 Å². The van der Waals surface area contributed by atoms with E-state index in [4.69, 9.17) is 10.5 Å². The molecule has 0 saturated carbocycles. The van der Waals surface area contributed by atoms with Gasteiger partial charge in [-0.2, -0.15) is 0 Å². The van der Waals surface area contributed by atoms with Crippen LogP contribution in [0, 0.1) is 0 Å². The molecule has 1 unspecified atom stereocenters. The molecule has 0 aromatic heterocycles. The summed E-state index contributed by atoms with van der Waals surface area (Å²) in [6, 6.07) is 6.05. The average Bonchev–Trinajstić information content (AvgIpc) is 2.50. The molecule has 1 atom stereocenters. The summed E-state index contributed by atoms with van der Waals surface area (Å²) >= 11 is 0. The van der Waals surface area contributed by atoms with Gasteiger partial charge in [-0.15, -0.1) is 0 Å². The molecule has 1 heterocycles. The van der Waals surface area contributed by atoms with Crippen molar-refractivity contribution in [3.8, 4) is 5.75 Å². The minimum absolute atomic E-state index is 0.0948. The van der Waals surface area contributed by atoms with Gasteiger partial charge in [0.05, 0.1) is 18.7 Å². The number of carbonyl (C=O) groups excluding carboxylic acids is 1. The SMILES string of the molecule is CC(CCN)c1ccc2c(c1)N(C)C(=O)CCO2. The van der Waals surface area contributed by atoms with Crippen molar-refractivity contribution in [1.82, 2.24) is 0 Å². The number of hydrogen-bond donors (Lipinski definition) is 1. The Hall–Kier alpha value is -1.55. The van der Waals surface area contributed by atoms with Gasteiger partial charge >= 0.3 is 0 Å². The fourth-order valence-corrected chi connectivity index (χ4v) is 2.19. The first-order valence-electron chi connectivity index (χ1n) is 6.37. The first kappa shape index (κ1) is 12.9. The zero-order chi connectivity index (χ0) is 13.1. The van der Waals surface area contributed by atoms with Crippen molar-refractivity contribution in [2.75, 3.05) is 25.1 Å². The minimum Gasteiger partial charge on any atom is -0.491 e. The summed E-state index contributed by atoms with van der Waals surface area (Å²) in [4.78, 5) is 13.5. The Kier molecular flexibility index (Phi) is 3.87. The highest BCUT2D eigenvalue weighted by atomic mass is 16.5. The van der Waals surface area contributed by atoms with E-state index in [1.165, 1.54) is 5.56 Å². The maximum Gasteiger partial charge on any atom is 0.230 e. The second-order valence-corrected chi connectivity index (χ2v) is 4.76. The molecule has 4 nitrogen and oxygen atoms in total. The Morgan fingerprint density at radius 2 is 2.28 bits per heavy atom. The van der Waals surface area contributed by atoms with Crippen molar-refractivity contribution in [3.05, 3.63) is 23.8 Å². The molecule has 0 fully saturated rings. The van der Waals surface area contributed by atoms with E-state index in [0.29, 0.717) is 25.5 Å².